The Kier molecular flexibility index (Phi) is 4.47. The van der Waals surface area contributed by atoms with E-state index in [1.54, 1.807) is 30.6 Å². The molecule has 2 amide bonds. The Balaban J connectivity index is 1.48. The van der Waals surface area contributed by atoms with Gasteiger partial charge in [0.05, 0.1) is 23.4 Å². The molecule has 158 valence electrons. The number of imidazole rings is 1. The SMILES string of the molecule is O=C1NCC(c2ccc(-c3ccc(C(F)(F)F)s3)cc2F)N1c1ccc2nc[nH]c2c1. The number of benzene rings is 2. The summed E-state index contributed by atoms with van der Waals surface area (Å²) in [6, 6.07) is 10.9. The summed E-state index contributed by atoms with van der Waals surface area (Å²) in [6.45, 7) is 0.202. The molecule has 1 aliphatic rings. The standard InChI is InChI=1S/C21H14F4N4OS/c22-14-7-11(18-5-6-19(31-18)21(23,24)25)1-3-13(14)17-9-26-20(30)29(17)12-2-4-15-16(8-12)28-10-27-15/h1-8,10,17H,9H2,(H,26,30)(H,27,28). The van der Waals surface area contributed by atoms with Crippen molar-refractivity contribution in [1.82, 2.24) is 15.3 Å². The summed E-state index contributed by atoms with van der Waals surface area (Å²) < 4.78 is 53.7. The number of hydrogen-bond donors (Lipinski definition) is 2. The van der Waals surface area contributed by atoms with Crippen LogP contribution in [0.25, 0.3) is 21.5 Å². The van der Waals surface area contributed by atoms with Crippen LogP contribution in [0.1, 0.15) is 16.5 Å². The molecule has 10 heteroatoms. The maximum atomic E-state index is 15.0. The highest BCUT2D eigenvalue weighted by molar-refractivity contribution is 7.15. The van der Waals surface area contributed by atoms with Crippen molar-refractivity contribution in [2.75, 3.05) is 11.4 Å². The van der Waals surface area contributed by atoms with Crippen molar-refractivity contribution in [3.8, 4) is 10.4 Å². The Hall–Kier alpha value is -3.40. The second-order valence-electron chi connectivity index (χ2n) is 7.07. The number of aromatic nitrogens is 2. The van der Waals surface area contributed by atoms with Gasteiger partial charge in [0.2, 0.25) is 0 Å². The Bertz CT molecular complexity index is 1300. The minimum atomic E-state index is -4.44. The van der Waals surface area contributed by atoms with Gasteiger partial charge < -0.3 is 10.3 Å². The van der Waals surface area contributed by atoms with Crippen LogP contribution in [0.2, 0.25) is 0 Å². The largest absolute Gasteiger partial charge is 0.425 e. The van der Waals surface area contributed by atoms with E-state index in [4.69, 9.17) is 0 Å². The molecule has 2 aromatic heterocycles. The van der Waals surface area contributed by atoms with E-state index >= 15 is 4.39 Å². The first-order chi connectivity index (χ1) is 14.8. The highest BCUT2D eigenvalue weighted by Crippen LogP contribution is 2.40. The number of H-pyrrole nitrogens is 1. The number of halogens is 4. The van der Waals surface area contributed by atoms with Gasteiger partial charge in [-0.3, -0.25) is 4.90 Å². The number of carbonyl (C=O) groups excluding carboxylic acids is 1. The molecule has 4 aromatic rings. The third-order valence-corrected chi connectivity index (χ3v) is 6.37. The van der Waals surface area contributed by atoms with Crippen molar-refractivity contribution in [3.05, 3.63) is 71.1 Å². The quantitative estimate of drug-likeness (QED) is 0.396. The van der Waals surface area contributed by atoms with E-state index in [0.717, 1.165) is 17.1 Å². The molecule has 1 fully saturated rings. The maximum absolute atomic E-state index is 15.0. The van der Waals surface area contributed by atoms with Gasteiger partial charge in [-0.05, 0) is 42.0 Å². The van der Waals surface area contributed by atoms with Crippen molar-refractivity contribution < 1.29 is 22.4 Å². The summed E-state index contributed by atoms with van der Waals surface area (Å²) in [5.41, 5.74) is 2.69. The van der Waals surface area contributed by atoms with Crippen molar-refractivity contribution in [2.24, 2.45) is 0 Å². The minimum Gasteiger partial charge on any atom is -0.345 e. The van der Waals surface area contributed by atoms with Crippen LogP contribution in [0.3, 0.4) is 0 Å². The van der Waals surface area contributed by atoms with Crippen LogP contribution in [0.4, 0.5) is 28.0 Å². The number of hydrogen-bond acceptors (Lipinski definition) is 3. The Morgan fingerprint density at radius 3 is 2.68 bits per heavy atom. The van der Waals surface area contributed by atoms with Crippen LogP contribution < -0.4 is 10.2 Å². The third kappa shape index (κ3) is 3.42. The van der Waals surface area contributed by atoms with E-state index in [1.807, 2.05) is 0 Å². The smallest absolute Gasteiger partial charge is 0.345 e. The van der Waals surface area contributed by atoms with Gasteiger partial charge in [0.15, 0.2) is 0 Å². The Morgan fingerprint density at radius 1 is 1.10 bits per heavy atom. The Labute approximate surface area is 177 Å². The van der Waals surface area contributed by atoms with E-state index in [2.05, 4.69) is 15.3 Å². The predicted molar refractivity (Wildman–Crippen MR) is 109 cm³/mol. The van der Waals surface area contributed by atoms with Crippen LogP contribution in [0.15, 0.2) is 54.9 Å². The number of anilines is 1. The molecule has 0 bridgehead atoms. The van der Waals surface area contributed by atoms with Crippen molar-refractivity contribution >= 4 is 34.1 Å². The molecule has 3 heterocycles. The fourth-order valence-electron chi connectivity index (χ4n) is 3.72. The lowest BCUT2D eigenvalue weighted by atomic mass is 10.0. The monoisotopic (exact) mass is 446 g/mol. The highest BCUT2D eigenvalue weighted by Gasteiger charge is 2.35. The molecule has 1 unspecified atom stereocenters. The number of amides is 2. The van der Waals surface area contributed by atoms with Crippen LogP contribution in [0, 0.1) is 5.82 Å². The molecule has 1 atom stereocenters. The number of fused-ring (bicyclic) bond motifs is 1. The van der Waals surface area contributed by atoms with Crippen LogP contribution in [-0.2, 0) is 6.18 Å². The van der Waals surface area contributed by atoms with Gasteiger partial charge in [-0.2, -0.15) is 13.2 Å². The number of aromatic amines is 1. The first-order valence-corrected chi connectivity index (χ1v) is 10.1. The summed E-state index contributed by atoms with van der Waals surface area (Å²) in [7, 11) is 0. The van der Waals surface area contributed by atoms with Crippen molar-refractivity contribution in [2.45, 2.75) is 12.2 Å². The van der Waals surface area contributed by atoms with E-state index in [-0.39, 0.29) is 18.1 Å². The topological polar surface area (TPSA) is 61.0 Å². The molecule has 2 aromatic carbocycles. The molecule has 1 saturated heterocycles. The fraction of sp³-hybridized carbons (Fsp3) is 0.143. The zero-order chi connectivity index (χ0) is 21.8. The molecule has 0 saturated carbocycles. The lowest BCUT2D eigenvalue weighted by Gasteiger charge is -2.24. The summed E-state index contributed by atoms with van der Waals surface area (Å²) >= 11 is 0.562. The molecular weight excluding hydrogens is 432 g/mol. The Morgan fingerprint density at radius 2 is 1.94 bits per heavy atom. The maximum Gasteiger partial charge on any atom is 0.425 e. The first-order valence-electron chi connectivity index (χ1n) is 9.28. The third-order valence-electron chi connectivity index (χ3n) is 5.19. The van der Waals surface area contributed by atoms with Gasteiger partial charge in [0.25, 0.3) is 0 Å². The van der Waals surface area contributed by atoms with Crippen LogP contribution >= 0.6 is 11.3 Å². The second-order valence-corrected chi connectivity index (χ2v) is 8.16. The fourth-order valence-corrected chi connectivity index (χ4v) is 4.59. The number of nitrogens with one attached hydrogen (secondary N) is 2. The molecule has 2 N–H and O–H groups in total. The molecule has 5 nitrogen and oxygen atoms in total. The van der Waals surface area contributed by atoms with Gasteiger partial charge in [0.1, 0.15) is 10.7 Å². The zero-order valence-electron chi connectivity index (χ0n) is 15.7. The van der Waals surface area contributed by atoms with Gasteiger partial charge in [0, 0.05) is 22.7 Å². The second kappa shape index (κ2) is 7.09. The summed E-state index contributed by atoms with van der Waals surface area (Å²) in [5, 5.41) is 2.72. The number of thiophene rings is 1. The summed E-state index contributed by atoms with van der Waals surface area (Å²) in [4.78, 5) is 20.7. The van der Waals surface area contributed by atoms with E-state index in [9.17, 15) is 18.0 Å². The van der Waals surface area contributed by atoms with Gasteiger partial charge in [-0.25, -0.2) is 14.2 Å². The van der Waals surface area contributed by atoms with Crippen molar-refractivity contribution in [1.29, 1.82) is 0 Å². The number of carbonyl (C=O) groups is 1. The number of alkyl halides is 3. The van der Waals surface area contributed by atoms with Crippen LogP contribution in [-0.4, -0.2) is 22.5 Å². The molecule has 0 aliphatic carbocycles. The summed E-state index contributed by atoms with van der Waals surface area (Å²) in [5.74, 6) is -0.589. The lowest BCUT2D eigenvalue weighted by Crippen LogP contribution is -2.30. The van der Waals surface area contributed by atoms with Crippen molar-refractivity contribution in [3.63, 3.8) is 0 Å². The van der Waals surface area contributed by atoms with Gasteiger partial charge in [-0.15, -0.1) is 11.3 Å². The van der Waals surface area contributed by atoms with Gasteiger partial charge in [-0.1, -0.05) is 12.1 Å². The molecule has 5 rings (SSSR count). The molecule has 31 heavy (non-hydrogen) atoms. The summed E-state index contributed by atoms with van der Waals surface area (Å²) in [6.07, 6.45) is -2.89. The average molecular weight is 446 g/mol. The van der Waals surface area contributed by atoms with E-state index in [0.29, 0.717) is 27.5 Å². The van der Waals surface area contributed by atoms with E-state index in [1.165, 1.54) is 23.1 Å². The minimum absolute atomic E-state index is 0.202. The molecular formula is C21H14F4N4OS. The lowest BCUT2D eigenvalue weighted by molar-refractivity contribution is -0.134. The molecule has 0 radical (unpaired) electrons. The predicted octanol–water partition coefficient (Wildman–Crippen LogP) is 5.72. The van der Waals surface area contributed by atoms with E-state index < -0.39 is 22.9 Å². The normalized spacial score (nSPS) is 16.8. The highest BCUT2D eigenvalue weighted by atomic mass is 32.1. The molecule has 0 spiro atoms. The zero-order valence-corrected chi connectivity index (χ0v) is 16.5. The first kappa shape index (κ1) is 19.6. The average Bonchev–Trinajstić information content (AvgIpc) is 3.46. The van der Waals surface area contributed by atoms with Crippen LogP contribution in [0.5, 0.6) is 0 Å². The van der Waals surface area contributed by atoms with Gasteiger partial charge >= 0.3 is 12.2 Å². The number of urea groups is 1. The molecule has 1 aliphatic heterocycles. The number of rotatable bonds is 3. The number of nitrogens with zero attached hydrogens (tertiary/aromatic N) is 2.